The standard InChI is InChI=1S/C20H22FN3O2/c1-14-6-7-15(13-22-14)12-19(25)24-10-8-16(9-11-24)23-20(26)17-4-2-3-5-18(17)21/h2-7,13,16H,8-12H2,1H3,(H,23,26). The van der Waals surface area contributed by atoms with E-state index in [9.17, 15) is 14.0 Å². The highest BCUT2D eigenvalue weighted by atomic mass is 19.1. The van der Waals surface area contributed by atoms with E-state index in [1.54, 1.807) is 18.3 Å². The average Bonchev–Trinajstić information content (AvgIpc) is 2.64. The molecule has 1 N–H and O–H groups in total. The summed E-state index contributed by atoms with van der Waals surface area (Å²) in [6.45, 7) is 3.08. The number of rotatable bonds is 4. The average molecular weight is 355 g/mol. The summed E-state index contributed by atoms with van der Waals surface area (Å²) in [7, 11) is 0. The topological polar surface area (TPSA) is 62.3 Å². The number of piperidine rings is 1. The summed E-state index contributed by atoms with van der Waals surface area (Å²) >= 11 is 0. The Labute approximate surface area is 152 Å². The SMILES string of the molecule is Cc1ccc(CC(=O)N2CCC(NC(=O)c3ccccc3F)CC2)cn1. The van der Waals surface area contributed by atoms with Crippen LogP contribution in [0.4, 0.5) is 4.39 Å². The summed E-state index contributed by atoms with van der Waals surface area (Å²) in [5, 5.41) is 2.86. The maximum Gasteiger partial charge on any atom is 0.254 e. The smallest absolute Gasteiger partial charge is 0.254 e. The lowest BCUT2D eigenvalue weighted by Gasteiger charge is -2.32. The Kier molecular flexibility index (Phi) is 5.61. The molecule has 1 fully saturated rings. The highest BCUT2D eigenvalue weighted by Gasteiger charge is 2.24. The second-order valence-electron chi connectivity index (χ2n) is 6.59. The van der Waals surface area contributed by atoms with Crippen LogP contribution in [0, 0.1) is 12.7 Å². The van der Waals surface area contributed by atoms with Crippen LogP contribution in [0.1, 0.15) is 34.5 Å². The molecule has 5 nitrogen and oxygen atoms in total. The largest absolute Gasteiger partial charge is 0.349 e. The van der Waals surface area contributed by atoms with E-state index in [1.807, 2.05) is 24.0 Å². The maximum atomic E-state index is 13.7. The molecule has 1 aromatic carbocycles. The minimum atomic E-state index is -0.524. The number of carbonyl (C=O) groups excluding carboxylic acids is 2. The number of halogens is 1. The number of pyridine rings is 1. The Morgan fingerprint density at radius 1 is 1.19 bits per heavy atom. The van der Waals surface area contributed by atoms with Crippen LogP contribution in [0.5, 0.6) is 0 Å². The number of aryl methyl sites for hydroxylation is 1. The molecule has 2 heterocycles. The number of aromatic nitrogens is 1. The molecule has 3 rings (SSSR count). The third-order valence-electron chi connectivity index (χ3n) is 4.63. The van der Waals surface area contributed by atoms with Crippen LogP contribution in [0.25, 0.3) is 0 Å². The van der Waals surface area contributed by atoms with Gasteiger partial charge in [0.15, 0.2) is 0 Å². The van der Waals surface area contributed by atoms with Crippen molar-refractivity contribution in [3.8, 4) is 0 Å². The molecule has 2 amide bonds. The zero-order valence-electron chi connectivity index (χ0n) is 14.7. The molecular weight excluding hydrogens is 333 g/mol. The highest BCUT2D eigenvalue weighted by Crippen LogP contribution is 2.14. The van der Waals surface area contributed by atoms with Gasteiger partial charge in [-0.1, -0.05) is 18.2 Å². The molecule has 0 spiro atoms. The van der Waals surface area contributed by atoms with Gasteiger partial charge in [0.05, 0.1) is 12.0 Å². The van der Waals surface area contributed by atoms with Crippen LogP contribution < -0.4 is 5.32 Å². The molecule has 1 aliphatic heterocycles. The Morgan fingerprint density at radius 3 is 2.58 bits per heavy atom. The first-order valence-electron chi connectivity index (χ1n) is 8.77. The molecule has 0 bridgehead atoms. The van der Waals surface area contributed by atoms with Gasteiger partial charge in [-0.2, -0.15) is 0 Å². The summed E-state index contributed by atoms with van der Waals surface area (Å²) < 4.78 is 13.7. The molecule has 0 radical (unpaired) electrons. The third kappa shape index (κ3) is 4.45. The second-order valence-corrected chi connectivity index (χ2v) is 6.59. The van der Waals surface area contributed by atoms with Crippen molar-refractivity contribution in [1.29, 1.82) is 0 Å². The van der Waals surface area contributed by atoms with Crippen molar-refractivity contribution in [1.82, 2.24) is 15.2 Å². The number of hydrogen-bond acceptors (Lipinski definition) is 3. The van der Waals surface area contributed by atoms with Crippen LogP contribution in [0.15, 0.2) is 42.6 Å². The predicted molar refractivity (Wildman–Crippen MR) is 96.1 cm³/mol. The summed E-state index contributed by atoms with van der Waals surface area (Å²) in [6.07, 6.45) is 3.39. The van der Waals surface area contributed by atoms with Crippen molar-refractivity contribution in [3.63, 3.8) is 0 Å². The van der Waals surface area contributed by atoms with Gasteiger partial charge < -0.3 is 10.2 Å². The Hall–Kier alpha value is -2.76. The van der Waals surface area contributed by atoms with E-state index in [0.717, 1.165) is 11.3 Å². The fraction of sp³-hybridized carbons (Fsp3) is 0.350. The number of benzene rings is 1. The van der Waals surface area contributed by atoms with Gasteiger partial charge in [0, 0.05) is 31.0 Å². The first-order chi connectivity index (χ1) is 12.5. The normalized spacial score (nSPS) is 14.9. The van der Waals surface area contributed by atoms with Crippen LogP contribution in [-0.2, 0) is 11.2 Å². The van der Waals surface area contributed by atoms with Gasteiger partial charge in [-0.15, -0.1) is 0 Å². The molecule has 0 saturated carbocycles. The maximum absolute atomic E-state index is 13.7. The van der Waals surface area contributed by atoms with E-state index in [1.165, 1.54) is 12.1 Å². The zero-order valence-corrected chi connectivity index (χ0v) is 14.7. The molecule has 1 aromatic heterocycles. The number of hydrogen-bond donors (Lipinski definition) is 1. The van der Waals surface area contributed by atoms with E-state index < -0.39 is 11.7 Å². The summed E-state index contributed by atoms with van der Waals surface area (Å²) in [5.74, 6) is -0.863. The van der Waals surface area contributed by atoms with Crippen molar-refractivity contribution >= 4 is 11.8 Å². The first kappa shape index (κ1) is 18.0. The number of nitrogens with one attached hydrogen (secondary N) is 1. The third-order valence-corrected chi connectivity index (χ3v) is 4.63. The monoisotopic (exact) mass is 355 g/mol. The molecule has 2 aromatic rings. The summed E-state index contributed by atoms with van der Waals surface area (Å²) in [4.78, 5) is 30.6. The fourth-order valence-corrected chi connectivity index (χ4v) is 3.07. The lowest BCUT2D eigenvalue weighted by molar-refractivity contribution is -0.131. The van der Waals surface area contributed by atoms with Crippen molar-refractivity contribution < 1.29 is 14.0 Å². The zero-order chi connectivity index (χ0) is 18.5. The molecule has 1 saturated heterocycles. The molecule has 136 valence electrons. The lowest BCUT2D eigenvalue weighted by Crippen LogP contribution is -2.47. The summed E-state index contributed by atoms with van der Waals surface area (Å²) in [5.41, 5.74) is 1.88. The minimum Gasteiger partial charge on any atom is -0.349 e. The highest BCUT2D eigenvalue weighted by molar-refractivity contribution is 5.94. The number of carbonyl (C=O) groups is 2. The van der Waals surface area contributed by atoms with Crippen LogP contribution in [0.3, 0.4) is 0 Å². The minimum absolute atomic E-state index is 0.0489. The van der Waals surface area contributed by atoms with E-state index in [2.05, 4.69) is 10.3 Å². The fourth-order valence-electron chi connectivity index (χ4n) is 3.07. The van der Waals surface area contributed by atoms with Gasteiger partial charge in [0.2, 0.25) is 5.91 Å². The van der Waals surface area contributed by atoms with Gasteiger partial charge in [-0.3, -0.25) is 14.6 Å². The van der Waals surface area contributed by atoms with Crippen LogP contribution in [0.2, 0.25) is 0 Å². The quantitative estimate of drug-likeness (QED) is 0.917. The molecule has 0 atom stereocenters. The van der Waals surface area contributed by atoms with E-state index in [-0.39, 0.29) is 17.5 Å². The van der Waals surface area contributed by atoms with Crippen molar-refractivity contribution in [3.05, 3.63) is 65.2 Å². The van der Waals surface area contributed by atoms with Crippen molar-refractivity contribution in [2.45, 2.75) is 32.2 Å². The van der Waals surface area contributed by atoms with Crippen LogP contribution >= 0.6 is 0 Å². The molecule has 6 heteroatoms. The van der Waals surface area contributed by atoms with Gasteiger partial charge in [-0.25, -0.2) is 4.39 Å². The molecule has 0 aliphatic carbocycles. The predicted octanol–water partition coefficient (Wildman–Crippen LogP) is 2.49. The summed E-state index contributed by atoms with van der Waals surface area (Å²) in [6, 6.07) is 9.70. The Bertz CT molecular complexity index is 784. The number of amides is 2. The van der Waals surface area contributed by atoms with Gasteiger partial charge in [-0.05, 0) is 43.5 Å². The number of nitrogens with zero attached hydrogens (tertiary/aromatic N) is 2. The molecule has 26 heavy (non-hydrogen) atoms. The van der Waals surface area contributed by atoms with Crippen molar-refractivity contribution in [2.24, 2.45) is 0 Å². The second kappa shape index (κ2) is 8.08. The Balaban J connectivity index is 1.49. The van der Waals surface area contributed by atoms with Gasteiger partial charge in [0.1, 0.15) is 5.82 Å². The van der Waals surface area contributed by atoms with E-state index in [0.29, 0.717) is 32.4 Å². The molecule has 0 unspecified atom stereocenters. The lowest BCUT2D eigenvalue weighted by atomic mass is 10.0. The van der Waals surface area contributed by atoms with Crippen molar-refractivity contribution in [2.75, 3.05) is 13.1 Å². The number of likely N-dealkylation sites (tertiary alicyclic amines) is 1. The van der Waals surface area contributed by atoms with E-state index in [4.69, 9.17) is 0 Å². The Morgan fingerprint density at radius 2 is 1.92 bits per heavy atom. The van der Waals surface area contributed by atoms with Gasteiger partial charge in [0.25, 0.3) is 5.91 Å². The van der Waals surface area contributed by atoms with E-state index >= 15 is 0 Å². The first-order valence-corrected chi connectivity index (χ1v) is 8.77. The molecular formula is C20H22FN3O2. The molecule has 1 aliphatic rings. The van der Waals surface area contributed by atoms with Crippen LogP contribution in [-0.4, -0.2) is 40.8 Å². The van der Waals surface area contributed by atoms with Gasteiger partial charge >= 0.3 is 0 Å².